The quantitative estimate of drug-likeness (QED) is 0.716. The molecule has 0 radical (unpaired) electrons. The first-order valence-corrected chi connectivity index (χ1v) is 7.54. The van der Waals surface area contributed by atoms with Gasteiger partial charge >= 0.3 is 0 Å². The SMILES string of the molecule is CCCC(C)(CNC)CN1CCCC1CN(C)C. The number of nitrogens with zero attached hydrogens (tertiary/aromatic N) is 2. The highest BCUT2D eigenvalue weighted by Crippen LogP contribution is 2.28. The highest BCUT2D eigenvalue weighted by molar-refractivity contribution is 4.87. The molecule has 1 saturated heterocycles. The molecule has 0 spiro atoms. The summed E-state index contributed by atoms with van der Waals surface area (Å²) in [5.74, 6) is 0. The molecular weight excluding hydrogens is 222 g/mol. The third-order valence-electron chi connectivity index (χ3n) is 4.12. The van der Waals surface area contributed by atoms with E-state index < -0.39 is 0 Å². The van der Waals surface area contributed by atoms with Crippen LogP contribution in [-0.2, 0) is 0 Å². The van der Waals surface area contributed by atoms with E-state index >= 15 is 0 Å². The Hall–Kier alpha value is -0.120. The van der Waals surface area contributed by atoms with Crippen molar-refractivity contribution < 1.29 is 0 Å². The Bertz CT molecular complexity index is 222. The molecule has 1 heterocycles. The van der Waals surface area contributed by atoms with Gasteiger partial charge in [-0.25, -0.2) is 0 Å². The zero-order chi connectivity index (χ0) is 13.6. The molecule has 1 aliphatic rings. The summed E-state index contributed by atoms with van der Waals surface area (Å²) in [5.41, 5.74) is 0.429. The van der Waals surface area contributed by atoms with E-state index in [1.165, 1.54) is 45.3 Å². The number of hydrogen-bond acceptors (Lipinski definition) is 3. The molecule has 0 aromatic carbocycles. The minimum Gasteiger partial charge on any atom is -0.319 e. The number of nitrogens with one attached hydrogen (secondary N) is 1. The summed E-state index contributed by atoms with van der Waals surface area (Å²) in [6.07, 6.45) is 5.35. The number of rotatable bonds is 8. The molecule has 18 heavy (non-hydrogen) atoms. The van der Waals surface area contributed by atoms with Crippen molar-refractivity contribution >= 4 is 0 Å². The predicted molar refractivity (Wildman–Crippen MR) is 80.1 cm³/mol. The van der Waals surface area contributed by atoms with Crippen LogP contribution in [0.2, 0.25) is 0 Å². The Morgan fingerprint density at radius 2 is 2.11 bits per heavy atom. The largest absolute Gasteiger partial charge is 0.319 e. The lowest BCUT2D eigenvalue weighted by atomic mass is 9.84. The zero-order valence-electron chi connectivity index (χ0n) is 13.1. The summed E-state index contributed by atoms with van der Waals surface area (Å²) in [6, 6.07) is 0.771. The van der Waals surface area contributed by atoms with Crippen LogP contribution in [0.25, 0.3) is 0 Å². The van der Waals surface area contributed by atoms with Crippen molar-refractivity contribution in [3.05, 3.63) is 0 Å². The zero-order valence-corrected chi connectivity index (χ0v) is 13.1. The van der Waals surface area contributed by atoms with Gasteiger partial charge in [-0.1, -0.05) is 20.3 Å². The first-order chi connectivity index (χ1) is 8.50. The number of likely N-dealkylation sites (N-methyl/N-ethyl adjacent to an activating group) is 1. The Balaban J connectivity index is 2.56. The molecule has 2 atom stereocenters. The van der Waals surface area contributed by atoms with Crippen LogP contribution in [-0.4, -0.2) is 63.2 Å². The topological polar surface area (TPSA) is 18.5 Å². The van der Waals surface area contributed by atoms with Crippen molar-refractivity contribution in [1.82, 2.24) is 15.1 Å². The lowest BCUT2D eigenvalue weighted by Crippen LogP contribution is -2.46. The fourth-order valence-electron chi connectivity index (χ4n) is 3.48. The van der Waals surface area contributed by atoms with Crippen LogP contribution in [0.1, 0.15) is 39.5 Å². The van der Waals surface area contributed by atoms with Crippen LogP contribution in [0, 0.1) is 5.41 Å². The first kappa shape index (κ1) is 15.9. The Morgan fingerprint density at radius 1 is 1.39 bits per heavy atom. The third-order valence-corrected chi connectivity index (χ3v) is 4.12. The highest BCUT2D eigenvalue weighted by Gasteiger charge is 2.32. The van der Waals surface area contributed by atoms with E-state index in [4.69, 9.17) is 0 Å². The van der Waals surface area contributed by atoms with Crippen LogP contribution in [0.5, 0.6) is 0 Å². The summed E-state index contributed by atoms with van der Waals surface area (Å²) < 4.78 is 0. The van der Waals surface area contributed by atoms with Gasteiger partial charge in [0.15, 0.2) is 0 Å². The molecular formula is C15H33N3. The van der Waals surface area contributed by atoms with Crippen LogP contribution in [0.15, 0.2) is 0 Å². The number of hydrogen-bond donors (Lipinski definition) is 1. The van der Waals surface area contributed by atoms with Gasteiger partial charge in [-0.05, 0) is 52.4 Å². The molecule has 0 aliphatic carbocycles. The van der Waals surface area contributed by atoms with Crippen molar-refractivity contribution in [1.29, 1.82) is 0 Å². The highest BCUT2D eigenvalue weighted by atomic mass is 15.2. The van der Waals surface area contributed by atoms with Crippen LogP contribution in [0.3, 0.4) is 0 Å². The average Bonchev–Trinajstić information content (AvgIpc) is 2.65. The maximum atomic E-state index is 3.39. The average molecular weight is 255 g/mol. The summed E-state index contributed by atoms with van der Waals surface area (Å²) in [4.78, 5) is 5.06. The van der Waals surface area contributed by atoms with Gasteiger partial charge in [-0.3, -0.25) is 4.90 Å². The Labute approximate surface area is 114 Å². The second-order valence-corrected chi connectivity index (χ2v) is 6.62. The van der Waals surface area contributed by atoms with Crippen molar-refractivity contribution in [3.63, 3.8) is 0 Å². The fraction of sp³-hybridized carbons (Fsp3) is 1.00. The maximum Gasteiger partial charge on any atom is 0.0223 e. The van der Waals surface area contributed by atoms with Gasteiger partial charge in [-0.15, -0.1) is 0 Å². The molecule has 1 aliphatic heterocycles. The summed E-state index contributed by atoms with van der Waals surface area (Å²) in [7, 11) is 6.46. The minimum atomic E-state index is 0.429. The monoisotopic (exact) mass is 255 g/mol. The molecule has 2 unspecified atom stereocenters. The van der Waals surface area contributed by atoms with Crippen LogP contribution in [0.4, 0.5) is 0 Å². The van der Waals surface area contributed by atoms with Gasteiger partial charge in [0.05, 0.1) is 0 Å². The van der Waals surface area contributed by atoms with Crippen molar-refractivity contribution in [2.75, 3.05) is 47.3 Å². The molecule has 108 valence electrons. The first-order valence-electron chi connectivity index (χ1n) is 7.54. The van der Waals surface area contributed by atoms with Gasteiger partial charge in [0.2, 0.25) is 0 Å². The second-order valence-electron chi connectivity index (χ2n) is 6.62. The molecule has 1 fully saturated rings. The minimum absolute atomic E-state index is 0.429. The number of likely N-dealkylation sites (tertiary alicyclic amines) is 1. The third kappa shape index (κ3) is 4.87. The predicted octanol–water partition coefficient (Wildman–Crippen LogP) is 2.04. The lowest BCUT2D eigenvalue weighted by molar-refractivity contribution is 0.126. The summed E-state index contributed by atoms with van der Waals surface area (Å²) in [5, 5.41) is 3.39. The normalized spacial score (nSPS) is 24.7. The molecule has 0 amide bonds. The van der Waals surface area contributed by atoms with Crippen molar-refractivity contribution in [3.8, 4) is 0 Å². The van der Waals surface area contributed by atoms with Crippen molar-refractivity contribution in [2.45, 2.75) is 45.6 Å². The maximum absolute atomic E-state index is 3.39. The van der Waals surface area contributed by atoms with Gasteiger partial charge in [0.1, 0.15) is 0 Å². The smallest absolute Gasteiger partial charge is 0.0223 e. The molecule has 0 bridgehead atoms. The Kier molecular flexibility index (Phi) is 6.61. The van der Waals surface area contributed by atoms with E-state index in [1.54, 1.807) is 0 Å². The lowest BCUT2D eigenvalue weighted by Gasteiger charge is -2.37. The molecule has 3 heteroatoms. The van der Waals surface area contributed by atoms with E-state index in [0.29, 0.717) is 5.41 Å². The van der Waals surface area contributed by atoms with E-state index in [9.17, 15) is 0 Å². The fourth-order valence-corrected chi connectivity index (χ4v) is 3.48. The van der Waals surface area contributed by atoms with E-state index in [1.807, 2.05) is 0 Å². The van der Waals surface area contributed by atoms with Gasteiger partial charge in [0.25, 0.3) is 0 Å². The second kappa shape index (κ2) is 7.46. The molecule has 0 saturated carbocycles. The molecule has 0 aromatic rings. The summed E-state index contributed by atoms with van der Waals surface area (Å²) >= 11 is 0. The van der Waals surface area contributed by atoms with E-state index in [-0.39, 0.29) is 0 Å². The van der Waals surface area contributed by atoms with E-state index in [0.717, 1.165) is 12.6 Å². The molecule has 1 N–H and O–H groups in total. The standard InChI is InChI=1S/C15H33N3/c1-6-9-15(2,12-16-3)13-18-10-7-8-14(18)11-17(4)5/h14,16H,6-13H2,1-5H3. The van der Waals surface area contributed by atoms with Gasteiger partial charge < -0.3 is 10.2 Å². The Morgan fingerprint density at radius 3 is 2.67 bits per heavy atom. The molecule has 0 aromatic heterocycles. The molecule has 3 nitrogen and oxygen atoms in total. The summed E-state index contributed by atoms with van der Waals surface area (Å²) in [6.45, 7) is 9.63. The van der Waals surface area contributed by atoms with Gasteiger partial charge in [0, 0.05) is 25.7 Å². The van der Waals surface area contributed by atoms with Crippen LogP contribution >= 0.6 is 0 Å². The molecule has 1 rings (SSSR count). The van der Waals surface area contributed by atoms with Crippen molar-refractivity contribution in [2.24, 2.45) is 5.41 Å². The van der Waals surface area contributed by atoms with E-state index in [2.05, 4.69) is 50.1 Å². The van der Waals surface area contributed by atoms with Crippen LogP contribution < -0.4 is 5.32 Å². The van der Waals surface area contributed by atoms with Gasteiger partial charge in [-0.2, -0.15) is 0 Å².